The van der Waals surface area contributed by atoms with E-state index in [1.807, 2.05) is 18.2 Å². The van der Waals surface area contributed by atoms with Gasteiger partial charge in [0.05, 0.1) is 0 Å². The van der Waals surface area contributed by atoms with Gasteiger partial charge in [-0.05, 0) is 0 Å². The molecule has 1 heterocycles. The number of benzene rings is 2. The maximum absolute atomic E-state index is 12.8. The van der Waals surface area contributed by atoms with Crippen LogP contribution in [-0.4, -0.2) is 46.2 Å². The SMILES string of the molecule is O=C1C=C([Se]c2ccccc2C2CNCCO2)C(=O)c2ccccc21. The first-order valence-electron chi connectivity index (χ1n) is 8.23. The monoisotopic (exact) mass is 399 g/mol. The van der Waals surface area contributed by atoms with Crippen molar-refractivity contribution in [3.63, 3.8) is 0 Å². The van der Waals surface area contributed by atoms with E-state index in [4.69, 9.17) is 4.74 Å². The molecule has 1 fully saturated rings. The van der Waals surface area contributed by atoms with Crippen molar-refractivity contribution in [1.82, 2.24) is 5.32 Å². The molecule has 126 valence electrons. The molecular weight excluding hydrogens is 381 g/mol. The van der Waals surface area contributed by atoms with Gasteiger partial charge in [-0.2, -0.15) is 0 Å². The fraction of sp³-hybridized carbons (Fsp3) is 0.200. The first-order valence-corrected chi connectivity index (χ1v) is 9.94. The normalized spacial score (nSPS) is 20.2. The molecule has 1 aliphatic heterocycles. The van der Waals surface area contributed by atoms with Crippen LogP contribution < -0.4 is 9.78 Å². The number of hydrogen-bond acceptors (Lipinski definition) is 4. The van der Waals surface area contributed by atoms with Crippen molar-refractivity contribution < 1.29 is 14.3 Å². The Labute approximate surface area is 152 Å². The van der Waals surface area contributed by atoms with Crippen LogP contribution in [0.4, 0.5) is 0 Å². The van der Waals surface area contributed by atoms with Crippen LogP contribution in [0.25, 0.3) is 0 Å². The second kappa shape index (κ2) is 7.06. The number of Topliss-reactive ketones (excluding diaryl/α,β-unsaturated/α-hetero) is 1. The summed E-state index contributed by atoms with van der Waals surface area (Å²) in [4.78, 5) is 25.2. The fourth-order valence-corrected chi connectivity index (χ4v) is 5.33. The number of carbonyl (C=O) groups is 2. The summed E-state index contributed by atoms with van der Waals surface area (Å²) in [6, 6.07) is 15.1. The molecule has 1 atom stereocenters. The zero-order chi connectivity index (χ0) is 17.2. The van der Waals surface area contributed by atoms with Gasteiger partial charge < -0.3 is 0 Å². The number of hydrogen-bond donors (Lipinski definition) is 1. The standard InChI is InChI=1S/C20H17NO3Se/c22-16-11-19(20(23)14-6-2-1-5-13(14)16)25-18-8-4-3-7-15(18)17-12-21-9-10-24-17/h1-8,11,17,21H,9-10,12H2. The van der Waals surface area contributed by atoms with Crippen LogP contribution in [0.3, 0.4) is 0 Å². The summed E-state index contributed by atoms with van der Waals surface area (Å²) in [6.07, 6.45) is 1.51. The van der Waals surface area contributed by atoms with Crippen LogP contribution in [0.15, 0.2) is 59.1 Å². The average molecular weight is 398 g/mol. The molecule has 25 heavy (non-hydrogen) atoms. The van der Waals surface area contributed by atoms with Crippen molar-refractivity contribution in [2.45, 2.75) is 6.10 Å². The fourth-order valence-electron chi connectivity index (χ4n) is 3.09. The Bertz CT molecular complexity index is 869. The Hall–Kier alpha value is -2.04. The Morgan fingerprint density at radius 2 is 1.76 bits per heavy atom. The van der Waals surface area contributed by atoms with Crippen LogP contribution in [0, 0.1) is 0 Å². The predicted octanol–water partition coefficient (Wildman–Crippen LogP) is 1.64. The van der Waals surface area contributed by atoms with Gasteiger partial charge in [-0.3, -0.25) is 0 Å². The molecule has 1 unspecified atom stereocenters. The number of ether oxygens (including phenoxy) is 1. The summed E-state index contributed by atoms with van der Waals surface area (Å²) in [7, 11) is 0. The summed E-state index contributed by atoms with van der Waals surface area (Å²) in [5.74, 6) is -0.118. The Morgan fingerprint density at radius 3 is 2.56 bits per heavy atom. The van der Waals surface area contributed by atoms with Crippen molar-refractivity contribution >= 4 is 31.0 Å². The molecule has 0 bridgehead atoms. The first kappa shape index (κ1) is 16.4. The minimum atomic E-state index is -0.238. The predicted molar refractivity (Wildman–Crippen MR) is 96.6 cm³/mol. The van der Waals surface area contributed by atoms with E-state index in [0.717, 1.165) is 23.1 Å². The van der Waals surface area contributed by atoms with E-state index in [1.165, 1.54) is 6.08 Å². The summed E-state index contributed by atoms with van der Waals surface area (Å²) >= 11 is -0.238. The molecule has 2 aromatic rings. The number of ketones is 2. The molecule has 4 nitrogen and oxygen atoms in total. The molecule has 1 aliphatic carbocycles. The topological polar surface area (TPSA) is 55.4 Å². The van der Waals surface area contributed by atoms with E-state index in [0.29, 0.717) is 22.2 Å². The quantitative estimate of drug-likeness (QED) is 0.799. The van der Waals surface area contributed by atoms with Gasteiger partial charge >= 0.3 is 152 Å². The van der Waals surface area contributed by atoms with Gasteiger partial charge in [-0.15, -0.1) is 0 Å². The zero-order valence-electron chi connectivity index (χ0n) is 13.5. The zero-order valence-corrected chi connectivity index (χ0v) is 15.2. The van der Waals surface area contributed by atoms with E-state index in [1.54, 1.807) is 24.3 Å². The second-order valence-corrected chi connectivity index (χ2v) is 8.22. The Kier molecular flexibility index (Phi) is 4.64. The Balaban J connectivity index is 1.65. The third-order valence-corrected chi connectivity index (χ3v) is 6.68. The summed E-state index contributed by atoms with van der Waals surface area (Å²) in [5, 5.41) is 3.34. The third kappa shape index (κ3) is 3.24. The van der Waals surface area contributed by atoms with Gasteiger partial charge in [0.2, 0.25) is 0 Å². The van der Waals surface area contributed by atoms with Gasteiger partial charge in [-0.1, -0.05) is 0 Å². The van der Waals surface area contributed by atoms with E-state index in [-0.39, 0.29) is 32.6 Å². The molecule has 0 amide bonds. The number of carbonyl (C=O) groups excluding carboxylic acids is 2. The summed E-state index contributed by atoms with van der Waals surface area (Å²) < 4.78 is 7.57. The molecule has 0 spiro atoms. The van der Waals surface area contributed by atoms with Gasteiger partial charge in [0, 0.05) is 0 Å². The number of nitrogens with one attached hydrogen (secondary N) is 1. The maximum atomic E-state index is 12.8. The van der Waals surface area contributed by atoms with Crippen molar-refractivity contribution in [1.29, 1.82) is 0 Å². The molecule has 2 aliphatic rings. The van der Waals surface area contributed by atoms with Gasteiger partial charge in [-0.25, -0.2) is 0 Å². The molecule has 1 N–H and O–H groups in total. The molecular formula is C20H17NO3Se. The molecule has 0 radical (unpaired) electrons. The van der Waals surface area contributed by atoms with Crippen LogP contribution in [-0.2, 0) is 4.74 Å². The van der Waals surface area contributed by atoms with Gasteiger partial charge in [0.1, 0.15) is 0 Å². The molecule has 1 saturated heterocycles. The van der Waals surface area contributed by atoms with Gasteiger partial charge in [0.15, 0.2) is 0 Å². The molecule has 4 rings (SSSR count). The average Bonchev–Trinajstić information content (AvgIpc) is 2.67. The van der Waals surface area contributed by atoms with Crippen molar-refractivity contribution in [3.05, 3.63) is 75.8 Å². The summed E-state index contributed by atoms with van der Waals surface area (Å²) in [5.41, 5.74) is 2.12. The third-order valence-electron chi connectivity index (χ3n) is 4.34. The van der Waals surface area contributed by atoms with Crippen LogP contribution >= 0.6 is 0 Å². The summed E-state index contributed by atoms with van der Waals surface area (Å²) in [6.45, 7) is 2.31. The number of allylic oxidation sites excluding steroid dienone is 2. The van der Waals surface area contributed by atoms with E-state index in [9.17, 15) is 9.59 Å². The van der Waals surface area contributed by atoms with Crippen molar-refractivity contribution in [2.24, 2.45) is 0 Å². The van der Waals surface area contributed by atoms with Gasteiger partial charge in [0.25, 0.3) is 0 Å². The Morgan fingerprint density at radius 1 is 1.00 bits per heavy atom. The van der Waals surface area contributed by atoms with Crippen LogP contribution in [0.2, 0.25) is 0 Å². The molecule has 0 saturated carbocycles. The van der Waals surface area contributed by atoms with Crippen molar-refractivity contribution in [3.8, 4) is 0 Å². The number of rotatable bonds is 3. The minimum absolute atomic E-state index is 0.00546. The second-order valence-electron chi connectivity index (χ2n) is 5.95. The first-order chi connectivity index (χ1) is 12.2. The van der Waals surface area contributed by atoms with Crippen molar-refractivity contribution in [2.75, 3.05) is 19.7 Å². The van der Waals surface area contributed by atoms with E-state index in [2.05, 4.69) is 11.4 Å². The number of morpholine rings is 1. The van der Waals surface area contributed by atoms with Crippen LogP contribution in [0.5, 0.6) is 0 Å². The number of fused-ring (bicyclic) bond motifs is 1. The van der Waals surface area contributed by atoms with E-state index < -0.39 is 0 Å². The van der Waals surface area contributed by atoms with E-state index >= 15 is 0 Å². The molecule has 0 aromatic heterocycles. The van der Waals surface area contributed by atoms with Crippen LogP contribution in [0.1, 0.15) is 32.4 Å². The molecule has 2 aromatic carbocycles. The molecule has 5 heteroatoms.